The zero-order chi connectivity index (χ0) is 26.0. The van der Waals surface area contributed by atoms with Crippen LogP contribution in [-0.4, -0.2) is 66.1 Å². The molecule has 0 aliphatic heterocycles. The molecule has 0 saturated heterocycles. The molecule has 1 aromatic heterocycles. The van der Waals surface area contributed by atoms with Gasteiger partial charge in [-0.15, -0.1) is 0 Å². The van der Waals surface area contributed by atoms with Crippen LogP contribution in [0.4, 0.5) is 0 Å². The number of hydrogen-bond donors (Lipinski definition) is 3. The Labute approximate surface area is 203 Å². The van der Waals surface area contributed by atoms with E-state index in [1.807, 2.05) is 24.3 Å². The predicted molar refractivity (Wildman–Crippen MR) is 127 cm³/mol. The number of fused-ring (bicyclic) bond motifs is 1. The molecule has 2 aromatic rings. The Morgan fingerprint density at radius 1 is 1.00 bits per heavy atom. The molecule has 2 atom stereocenters. The Bertz CT molecular complexity index is 1080. The van der Waals surface area contributed by atoms with Gasteiger partial charge in [0.1, 0.15) is 17.8 Å². The van der Waals surface area contributed by atoms with Gasteiger partial charge in [-0.3, -0.25) is 19.2 Å². The minimum Gasteiger partial charge on any atom is -0.466 e. The third kappa shape index (κ3) is 7.83. The first kappa shape index (κ1) is 27.4. The highest BCUT2D eigenvalue weighted by molar-refractivity contribution is 6.00. The van der Waals surface area contributed by atoms with Crippen LogP contribution in [0.25, 0.3) is 10.9 Å². The Morgan fingerprint density at radius 3 is 2.34 bits per heavy atom. The normalized spacial score (nSPS) is 12.3. The minimum atomic E-state index is -1.07. The number of carbonyl (C=O) groups excluding carboxylic acids is 5. The number of para-hydroxylation sites is 1. The number of aryl methyl sites for hydroxylation is 1. The van der Waals surface area contributed by atoms with Crippen molar-refractivity contribution < 1.29 is 33.4 Å². The fourth-order valence-electron chi connectivity index (χ4n) is 3.40. The van der Waals surface area contributed by atoms with Gasteiger partial charge >= 0.3 is 11.9 Å². The van der Waals surface area contributed by atoms with E-state index in [9.17, 15) is 24.0 Å². The van der Waals surface area contributed by atoms with Gasteiger partial charge in [-0.1, -0.05) is 18.2 Å². The maximum absolute atomic E-state index is 12.5. The van der Waals surface area contributed by atoms with Gasteiger partial charge in [-0.05, 0) is 39.3 Å². The molecule has 0 spiro atoms. The lowest BCUT2D eigenvalue weighted by Gasteiger charge is -2.20. The molecule has 0 saturated carbocycles. The molecule has 1 heterocycles. The molecule has 0 aliphatic carbocycles. The molecule has 0 fully saturated rings. The molecule has 0 bridgehead atoms. The molecule has 3 N–H and O–H groups in total. The van der Waals surface area contributed by atoms with E-state index >= 15 is 0 Å². The van der Waals surface area contributed by atoms with Crippen LogP contribution >= 0.6 is 0 Å². The first-order valence-electron chi connectivity index (χ1n) is 11.4. The lowest BCUT2D eigenvalue weighted by molar-refractivity contribution is -0.149. The number of nitrogens with one attached hydrogen (secondary N) is 3. The quantitative estimate of drug-likeness (QED) is 0.375. The SMILES string of the molecule is CCOC(=O)CC[C@@H](NC(=O)[C@H](C)NC(=O)CNC(=O)c1cc2ccccc2n1C)C(=O)OCC. The smallest absolute Gasteiger partial charge is 0.328 e. The van der Waals surface area contributed by atoms with Crippen molar-refractivity contribution in [2.24, 2.45) is 7.05 Å². The van der Waals surface area contributed by atoms with Gasteiger partial charge in [0.25, 0.3) is 5.91 Å². The van der Waals surface area contributed by atoms with Crippen molar-refractivity contribution in [1.29, 1.82) is 0 Å². The van der Waals surface area contributed by atoms with Gasteiger partial charge < -0.3 is 30.0 Å². The van der Waals surface area contributed by atoms with Crippen molar-refractivity contribution >= 4 is 40.6 Å². The van der Waals surface area contributed by atoms with Gasteiger partial charge in [-0.2, -0.15) is 0 Å². The van der Waals surface area contributed by atoms with Crippen molar-refractivity contribution in [3.05, 3.63) is 36.0 Å². The van der Waals surface area contributed by atoms with Crippen molar-refractivity contribution in [2.45, 2.75) is 45.7 Å². The van der Waals surface area contributed by atoms with Crippen molar-refractivity contribution in [3.8, 4) is 0 Å². The second-order valence-electron chi connectivity index (χ2n) is 7.78. The average Bonchev–Trinajstić information content (AvgIpc) is 3.17. The summed E-state index contributed by atoms with van der Waals surface area (Å²) in [6, 6.07) is 7.16. The van der Waals surface area contributed by atoms with Crippen LogP contribution in [-0.2, 0) is 35.7 Å². The monoisotopic (exact) mass is 488 g/mol. The number of esters is 2. The molecular formula is C24H32N4O7. The highest BCUT2D eigenvalue weighted by atomic mass is 16.5. The van der Waals surface area contributed by atoms with Crippen LogP contribution in [0.1, 0.15) is 44.1 Å². The summed E-state index contributed by atoms with van der Waals surface area (Å²) in [6.45, 7) is 4.69. The topological polar surface area (TPSA) is 145 Å². The number of carbonyl (C=O) groups is 5. The Kier molecular flexibility index (Phi) is 10.2. The van der Waals surface area contributed by atoms with Crippen LogP contribution in [0.3, 0.4) is 0 Å². The number of hydrogen-bond acceptors (Lipinski definition) is 7. The largest absolute Gasteiger partial charge is 0.466 e. The summed E-state index contributed by atoms with van der Waals surface area (Å²) in [4.78, 5) is 61.1. The first-order valence-corrected chi connectivity index (χ1v) is 11.4. The molecule has 1 aromatic carbocycles. The molecule has 2 rings (SSSR count). The minimum absolute atomic E-state index is 0.00878. The fourth-order valence-corrected chi connectivity index (χ4v) is 3.40. The summed E-state index contributed by atoms with van der Waals surface area (Å²) in [7, 11) is 1.76. The molecule has 190 valence electrons. The van der Waals surface area contributed by atoms with Crippen LogP contribution in [0.5, 0.6) is 0 Å². The van der Waals surface area contributed by atoms with Gasteiger partial charge in [-0.25, -0.2) is 4.79 Å². The predicted octanol–water partition coefficient (Wildman–Crippen LogP) is 0.804. The van der Waals surface area contributed by atoms with E-state index in [1.165, 1.54) is 6.92 Å². The Morgan fingerprint density at radius 2 is 1.69 bits per heavy atom. The zero-order valence-electron chi connectivity index (χ0n) is 20.4. The van der Waals surface area contributed by atoms with E-state index in [0.29, 0.717) is 5.69 Å². The fraction of sp³-hybridized carbons (Fsp3) is 0.458. The van der Waals surface area contributed by atoms with E-state index in [2.05, 4.69) is 16.0 Å². The Hall–Kier alpha value is -3.89. The van der Waals surface area contributed by atoms with Crippen molar-refractivity contribution in [2.75, 3.05) is 19.8 Å². The second kappa shape index (κ2) is 13.1. The summed E-state index contributed by atoms with van der Waals surface area (Å²) < 4.78 is 11.5. The van der Waals surface area contributed by atoms with E-state index in [0.717, 1.165) is 10.9 Å². The third-order valence-corrected chi connectivity index (χ3v) is 5.19. The van der Waals surface area contributed by atoms with Gasteiger partial charge in [0.05, 0.1) is 19.8 Å². The van der Waals surface area contributed by atoms with Crippen LogP contribution in [0.15, 0.2) is 30.3 Å². The van der Waals surface area contributed by atoms with E-state index in [1.54, 1.807) is 31.5 Å². The maximum Gasteiger partial charge on any atom is 0.328 e. The highest BCUT2D eigenvalue weighted by Crippen LogP contribution is 2.18. The molecule has 0 radical (unpaired) electrons. The van der Waals surface area contributed by atoms with Crippen LogP contribution < -0.4 is 16.0 Å². The molecule has 0 unspecified atom stereocenters. The van der Waals surface area contributed by atoms with Gasteiger partial charge in [0, 0.05) is 24.4 Å². The summed E-state index contributed by atoms with van der Waals surface area (Å²) in [5, 5.41) is 8.40. The Balaban J connectivity index is 1.89. The zero-order valence-corrected chi connectivity index (χ0v) is 20.4. The van der Waals surface area contributed by atoms with Crippen LogP contribution in [0.2, 0.25) is 0 Å². The number of aromatic nitrogens is 1. The molecule has 3 amide bonds. The number of nitrogens with zero attached hydrogens (tertiary/aromatic N) is 1. The van der Waals surface area contributed by atoms with E-state index in [-0.39, 0.29) is 32.6 Å². The standard InChI is InChI=1S/C24H32N4O7/c1-5-34-21(30)12-11-17(24(33)35-6-2)27-22(31)15(3)26-20(29)14-25-23(32)19-13-16-9-7-8-10-18(16)28(19)4/h7-10,13,15,17H,5-6,11-12,14H2,1-4H3,(H,25,32)(H,26,29)(H,27,31)/t15-,17+/m0/s1. The molecular weight excluding hydrogens is 456 g/mol. The highest BCUT2D eigenvalue weighted by Gasteiger charge is 2.26. The number of benzene rings is 1. The number of ether oxygens (including phenoxy) is 2. The van der Waals surface area contributed by atoms with Gasteiger partial charge in [0.15, 0.2) is 0 Å². The average molecular weight is 489 g/mol. The second-order valence-corrected chi connectivity index (χ2v) is 7.78. The lowest BCUT2D eigenvalue weighted by Crippen LogP contribution is -2.52. The summed E-state index contributed by atoms with van der Waals surface area (Å²) in [5.74, 6) is -2.85. The maximum atomic E-state index is 12.5. The van der Waals surface area contributed by atoms with Crippen molar-refractivity contribution in [1.82, 2.24) is 20.5 Å². The van der Waals surface area contributed by atoms with E-state index in [4.69, 9.17) is 9.47 Å². The molecule has 0 aliphatic rings. The number of amides is 3. The molecule has 11 nitrogen and oxygen atoms in total. The molecule has 11 heteroatoms. The molecule has 35 heavy (non-hydrogen) atoms. The van der Waals surface area contributed by atoms with Crippen LogP contribution in [0, 0.1) is 0 Å². The lowest BCUT2D eigenvalue weighted by atomic mass is 10.1. The third-order valence-electron chi connectivity index (χ3n) is 5.19. The summed E-state index contributed by atoms with van der Waals surface area (Å²) >= 11 is 0. The summed E-state index contributed by atoms with van der Waals surface area (Å²) in [5.41, 5.74) is 1.27. The van der Waals surface area contributed by atoms with Gasteiger partial charge in [0.2, 0.25) is 11.8 Å². The van der Waals surface area contributed by atoms with E-state index < -0.39 is 41.7 Å². The first-order chi connectivity index (χ1) is 16.7. The number of rotatable bonds is 12. The summed E-state index contributed by atoms with van der Waals surface area (Å²) in [6.07, 6.45) is -0.0936. The van der Waals surface area contributed by atoms with Crippen molar-refractivity contribution in [3.63, 3.8) is 0 Å².